The first-order chi connectivity index (χ1) is 15.4. The molecule has 0 unspecified atom stereocenters. The largest absolute Gasteiger partial charge is 0.491 e. The van der Waals surface area contributed by atoms with Crippen molar-refractivity contribution in [1.29, 1.82) is 0 Å². The Hall–Kier alpha value is -2.54. The molecular formula is C25H35N3O3S. The van der Waals surface area contributed by atoms with Crippen molar-refractivity contribution < 1.29 is 14.3 Å². The lowest BCUT2D eigenvalue weighted by Crippen LogP contribution is -2.50. The first-order valence-corrected chi connectivity index (χ1v) is 12.4. The van der Waals surface area contributed by atoms with E-state index >= 15 is 0 Å². The average molecular weight is 458 g/mol. The van der Waals surface area contributed by atoms with Gasteiger partial charge in [0.05, 0.1) is 6.04 Å². The van der Waals surface area contributed by atoms with Gasteiger partial charge in [-0.05, 0) is 61.7 Å². The molecule has 174 valence electrons. The number of ether oxygens (including phenoxy) is 1. The molecule has 0 spiro atoms. The Labute approximate surface area is 195 Å². The summed E-state index contributed by atoms with van der Waals surface area (Å²) in [6, 6.07) is 7.92. The van der Waals surface area contributed by atoms with Crippen LogP contribution in [0, 0.1) is 13.8 Å². The van der Waals surface area contributed by atoms with E-state index in [9.17, 15) is 9.59 Å². The molecule has 1 atom stereocenters. The molecule has 1 aromatic carbocycles. The number of carbonyl (C=O) groups is 2. The molecule has 1 aliphatic heterocycles. The maximum absolute atomic E-state index is 13.4. The molecule has 0 saturated heterocycles. The van der Waals surface area contributed by atoms with Gasteiger partial charge in [-0.3, -0.25) is 4.79 Å². The molecule has 2 heterocycles. The summed E-state index contributed by atoms with van der Waals surface area (Å²) in [7, 11) is 0. The van der Waals surface area contributed by atoms with Gasteiger partial charge in [-0.1, -0.05) is 31.5 Å². The molecule has 0 saturated carbocycles. The zero-order chi connectivity index (χ0) is 23.1. The van der Waals surface area contributed by atoms with Gasteiger partial charge in [0, 0.05) is 24.5 Å². The monoisotopic (exact) mass is 457 g/mol. The lowest BCUT2D eigenvalue weighted by atomic mass is 10.00. The van der Waals surface area contributed by atoms with E-state index < -0.39 is 0 Å². The van der Waals surface area contributed by atoms with Gasteiger partial charge in [-0.15, -0.1) is 11.3 Å². The normalized spacial score (nSPS) is 15.2. The quantitative estimate of drug-likeness (QED) is 0.594. The summed E-state index contributed by atoms with van der Waals surface area (Å²) in [5.74, 6) is 0.813. The maximum Gasteiger partial charge on any atom is 0.317 e. The van der Waals surface area contributed by atoms with Crippen molar-refractivity contribution in [2.24, 2.45) is 0 Å². The van der Waals surface area contributed by atoms with Crippen LogP contribution in [0.1, 0.15) is 54.3 Å². The van der Waals surface area contributed by atoms with Gasteiger partial charge in [0.25, 0.3) is 0 Å². The fourth-order valence-electron chi connectivity index (χ4n) is 4.12. The first-order valence-electron chi connectivity index (χ1n) is 11.5. The minimum Gasteiger partial charge on any atom is -0.491 e. The molecule has 32 heavy (non-hydrogen) atoms. The molecule has 1 aliphatic rings. The van der Waals surface area contributed by atoms with Crippen LogP contribution in [0.15, 0.2) is 29.6 Å². The highest BCUT2D eigenvalue weighted by molar-refractivity contribution is 7.10. The van der Waals surface area contributed by atoms with Gasteiger partial charge in [-0.2, -0.15) is 0 Å². The second-order valence-electron chi connectivity index (χ2n) is 8.39. The number of hydrogen-bond acceptors (Lipinski definition) is 4. The van der Waals surface area contributed by atoms with Crippen LogP contribution in [0.3, 0.4) is 0 Å². The number of nitrogens with one attached hydrogen (secondary N) is 1. The van der Waals surface area contributed by atoms with Crippen LogP contribution in [0.5, 0.6) is 5.75 Å². The molecule has 7 heteroatoms. The fourth-order valence-corrected chi connectivity index (χ4v) is 5.05. The van der Waals surface area contributed by atoms with Crippen LogP contribution in [0.2, 0.25) is 0 Å². The highest BCUT2D eigenvalue weighted by Crippen LogP contribution is 2.34. The number of carbonyl (C=O) groups excluding carboxylic acids is 2. The van der Waals surface area contributed by atoms with E-state index in [1.54, 1.807) is 16.2 Å². The molecular weight excluding hydrogens is 422 g/mol. The Morgan fingerprint density at radius 1 is 1.22 bits per heavy atom. The van der Waals surface area contributed by atoms with Crippen LogP contribution in [0.4, 0.5) is 4.79 Å². The molecule has 2 aromatic rings. The summed E-state index contributed by atoms with van der Waals surface area (Å²) in [6.07, 6.45) is 2.51. The summed E-state index contributed by atoms with van der Waals surface area (Å²) in [6.45, 7) is 10.4. The van der Waals surface area contributed by atoms with Gasteiger partial charge in [0.1, 0.15) is 18.9 Å². The third kappa shape index (κ3) is 5.82. The number of nitrogens with zero attached hydrogens (tertiary/aromatic N) is 2. The van der Waals surface area contributed by atoms with E-state index in [-0.39, 0.29) is 24.5 Å². The lowest BCUT2D eigenvalue weighted by molar-refractivity contribution is -0.135. The number of fused-ring (bicyclic) bond motifs is 1. The zero-order valence-electron chi connectivity index (χ0n) is 19.6. The van der Waals surface area contributed by atoms with Gasteiger partial charge in [0.15, 0.2) is 0 Å². The SMILES string of the molecule is CCCNC(=O)N(CCC)CC(=O)N1CCc2sccc2[C@@H]1COc1ccc(C)cc1C. The number of urea groups is 1. The molecule has 3 amide bonds. The molecule has 0 fully saturated rings. The smallest absolute Gasteiger partial charge is 0.317 e. The topological polar surface area (TPSA) is 61.9 Å². The van der Waals surface area contributed by atoms with Crippen molar-refractivity contribution in [3.05, 3.63) is 51.2 Å². The average Bonchev–Trinajstić information content (AvgIpc) is 3.25. The molecule has 0 radical (unpaired) electrons. The van der Waals surface area contributed by atoms with Gasteiger partial charge >= 0.3 is 6.03 Å². The Bertz CT molecular complexity index is 927. The second-order valence-corrected chi connectivity index (χ2v) is 9.39. The molecule has 1 aromatic heterocycles. The van der Waals surface area contributed by atoms with E-state index in [0.717, 1.165) is 36.1 Å². The van der Waals surface area contributed by atoms with E-state index in [4.69, 9.17) is 4.74 Å². The Morgan fingerprint density at radius 3 is 2.75 bits per heavy atom. The number of amides is 3. The number of aryl methyl sites for hydroxylation is 2. The van der Waals surface area contributed by atoms with E-state index in [0.29, 0.717) is 26.2 Å². The number of rotatable bonds is 9. The molecule has 3 rings (SSSR count). The van der Waals surface area contributed by atoms with Crippen LogP contribution < -0.4 is 10.1 Å². The second kappa shape index (κ2) is 11.4. The zero-order valence-corrected chi connectivity index (χ0v) is 20.5. The summed E-state index contributed by atoms with van der Waals surface area (Å²) < 4.78 is 6.21. The number of benzene rings is 1. The maximum atomic E-state index is 13.4. The van der Waals surface area contributed by atoms with E-state index in [1.807, 2.05) is 37.8 Å². The standard InChI is InChI=1S/C25H35N3O3S/c1-5-11-26-25(30)27(12-6-2)16-24(29)28-13-9-23-20(10-14-32-23)21(28)17-31-22-8-7-18(3)15-19(22)4/h7-8,10,14-15,21H,5-6,9,11-13,16-17H2,1-4H3,(H,26,30)/t21-/m0/s1. The summed E-state index contributed by atoms with van der Waals surface area (Å²) in [4.78, 5) is 30.8. The van der Waals surface area contributed by atoms with Crippen molar-refractivity contribution in [2.45, 2.75) is 53.0 Å². The van der Waals surface area contributed by atoms with Crippen LogP contribution in [-0.4, -0.2) is 54.5 Å². The number of hydrogen-bond donors (Lipinski definition) is 1. The Balaban J connectivity index is 1.75. The molecule has 1 N–H and O–H groups in total. The molecule has 0 bridgehead atoms. The summed E-state index contributed by atoms with van der Waals surface area (Å²) in [5, 5.41) is 4.99. The minimum absolute atomic E-state index is 0.0313. The lowest BCUT2D eigenvalue weighted by Gasteiger charge is -2.37. The third-order valence-electron chi connectivity index (χ3n) is 5.78. The van der Waals surface area contributed by atoms with Gasteiger partial charge in [0.2, 0.25) is 5.91 Å². The van der Waals surface area contributed by atoms with E-state index in [1.165, 1.54) is 10.4 Å². The van der Waals surface area contributed by atoms with Gasteiger partial charge < -0.3 is 19.9 Å². The number of thiophene rings is 1. The van der Waals surface area contributed by atoms with Crippen LogP contribution >= 0.6 is 11.3 Å². The predicted molar refractivity (Wildman–Crippen MR) is 129 cm³/mol. The summed E-state index contributed by atoms with van der Waals surface area (Å²) in [5.41, 5.74) is 3.45. The van der Waals surface area contributed by atoms with Gasteiger partial charge in [-0.25, -0.2) is 4.79 Å². The van der Waals surface area contributed by atoms with E-state index in [2.05, 4.69) is 29.8 Å². The summed E-state index contributed by atoms with van der Waals surface area (Å²) >= 11 is 1.74. The van der Waals surface area contributed by atoms with Crippen molar-refractivity contribution in [3.63, 3.8) is 0 Å². The molecule has 0 aliphatic carbocycles. The highest BCUT2D eigenvalue weighted by atomic mass is 32.1. The van der Waals surface area contributed by atoms with Crippen molar-refractivity contribution in [3.8, 4) is 5.75 Å². The minimum atomic E-state index is -0.168. The Kier molecular flexibility index (Phi) is 8.56. The van der Waals surface area contributed by atoms with Crippen LogP contribution in [0.25, 0.3) is 0 Å². The third-order valence-corrected chi connectivity index (χ3v) is 6.77. The predicted octanol–water partition coefficient (Wildman–Crippen LogP) is 4.70. The van der Waals surface area contributed by atoms with Crippen molar-refractivity contribution in [2.75, 3.05) is 32.8 Å². The van der Waals surface area contributed by atoms with Crippen molar-refractivity contribution in [1.82, 2.24) is 15.1 Å². The first kappa shape index (κ1) is 24.1. The Morgan fingerprint density at radius 2 is 2.03 bits per heavy atom. The fraction of sp³-hybridized carbons (Fsp3) is 0.520. The highest BCUT2D eigenvalue weighted by Gasteiger charge is 2.33. The van der Waals surface area contributed by atoms with Crippen molar-refractivity contribution >= 4 is 23.3 Å². The molecule has 6 nitrogen and oxygen atoms in total. The van der Waals surface area contributed by atoms with Crippen LogP contribution in [-0.2, 0) is 11.2 Å².